The Kier molecular flexibility index (Phi) is 10.7. The molecular formula is C38H39Cl2N3O7. The predicted molar refractivity (Wildman–Crippen MR) is 191 cm³/mol. The number of aromatic nitrogens is 1. The lowest BCUT2D eigenvalue weighted by Crippen LogP contribution is -2.53. The van der Waals surface area contributed by atoms with Crippen molar-refractivity contribution in [1.29, 1.82) is 0 Å². The molecule has 7 rings (SSSR count). The number of ether oxygens (including phenoxy) is 3. The molecule has 0 saturated carbocycles. The normalized spacial score (nSPS) is 18.7. The van der Waals surface area contributed by atoms with Crippen LogP contribution in [0.2, 0.25) is 10.0 Å². The summed E-state index contributed by atoms with van der Waals surface area (Å²) in [6.45, 7) is 4.85. The van der Waals surface area contributed by atoms with E-state index in [0.717, 1.165) is 38.0 Å². The van der Waals surface area contributed by atoms with Crippen molar-refractivity contribution in [3.8, 4) is 11.5 Å². The molecule has 0 spiro atoms. The molecule has 3 fully saturated rings. The van der Waals surface area contributed by atoms with Gasteiger partial charge in [0, 0.05) is 23.7 Å². The molecule has 0 radical (unpaired) electrons. The van der Waals surface area contributed by atoms with E-state index in [1.807, 2.05) is 37.3 Å². The van der Waals surface area contributed by atoms with E-state index in [0.29, 0.717) is 50.1 Å². The maximum absolute atomic E-state index is 14.0. The van der Waals surface area contributed by atoms with Crippen LogP contribution in [0, 0.1) is 18.0 Å². The molecule has 3 aromatic carbocycles. The molecule has 262 valence electrons. The number of hydrogen-bond donors (Lipinski definition) is 1. The van der Waals surface area contributed by atoms with Crippen molar-refractivity contribution < 1.29 is 33.6 Å². The summed E-state index contributed by atoms with van der Waals surface area (Å²) in [4.78, 5) is 30.7. The number of rotatable bonds is 11. The van der Waals surface area contributed by atoms with Gasteiger partial charge in [0.15, 0.2) is 23.9 Å². The third-order valence-electron chi connectivity index (χ3n) is 9.72. The van der Waals surface area contributed by atoms with Crippen molar-refractivity contribution in [1.82, 2.24) is 4.90 Å². The summed E-state index contributed by atoms with van der Waals surface area (Å²) < 4.78 is 17.8. The largest absolute Gasteiger partial charge is 0.619 e. The fourth-order valence-corrected chi connectivity index (χ4v) is 7.68. The molecule has 0 aliphatic carbocycles. The average Bonchev–Trinajstić information content (AvgIpc) is 3.10. The van der Waals surface area contributed by atoms with Gasteiger partial charge >= 0.3 is 12.1 Å². The minimum absolute atomic E-state index is 0.0626. The number of aryl methyl sites for hydroxylation is 1. The van der Waals surface area contributed by atoms with Crippen LogP contribution < -0.4 is 19.1 Å². The number of aromatic carboxylic acids is 1. The molecule has 1 N–H and O–H groups in total. The molecule has 2 atom stereocenters. The number of fused-ring (bicyclic) bond motifs is 3. The first kappa shape index (κ1) is 35.3. The lowest BCUT2D eigenvalue weighted by atomic mass is 9.82. The van der Waals surface area contributed by atoms with Gasteiger partial charge in [-0.2, -0.15) is 4.73 Å². The first-order valence-corrected chi connectivity index (χ1v) is 17.2. The van der Waals surface area contributed by atoms with Gasteiger partial charge in [0.2, 0.25) is 0 Å². The summed E-state index contributed by atoms with van der Waals surface area (Å²) in [7, 11) is 3.05. The highest BCUT2D eigenvalue weighted by molar-refractivity contribution is 6.35. The van der Waals surface area contributed by atoms with E-state index in [1.165, 1.54) is 26.6 Å². The van der Waals surface area contributed by atoms with Crippen molar-refractivity contribution in [2.75, 3.05) is 38.8 Å². The maximum Gasteiger partial charge on any atom is 0.414 e. The number of methoxy groups -OCH3 is 2. The number of carboxylic acid groups (broad SMARTS) is 1. The average molecular weight is 721 g/mol. The number of carbonyl (C=O) groups excluding carboxylic acids is 1. The standard InChI is InChI=1S/C38H39Cl2N3O7/c1-23-5-4-6-27(15-23)43(38(46)50-36-22-41-13-11-25(36)12-14-41)19-24-7-9-28(37(44)45)30(16-24)29(18-31-32(39)20-42(47)21-33(31)40)26-8-10-34(48-2)35(17-26)49-3/h4-10,15-17,20-21,25,29,36H,11-14,18-19,22H2,1-3H3,(H,44,45)/t29-,36-/m0/s1. The SMILES string of the molecule is COc1ccc([C@H](Cc2c(Cl)c[n+]([O-])cc2Cl)c2cc(CN(C(=O)O[C@H]3CN4CCC3CC4)c3cccc(C)c3)ccc2C(=O)O)cc1OC. The quantitative estimate of drug-likeness (QED) is 0.127. The minimum Gasteiger partial charge on any atom is -0.619 e. The number of halogens is 2. The number of piperidine rings is 3. The number of amides is 1. The summed E-state index contributed by atoms with van der Waals surface area (Å²) in [5.41, 5.74) is 4.04. The van der Waals surface area contributed by atoms with Gasteiger partial charge in [-0.05, 0) is 97.8 Å². The van der Waals surface area contributed by atoms with Crippen LogP contribution in [0.4, 0.5) is 10.5 Å². The number of benzene rings is 3. The van der Waals surface area contributed by atoms with Crippen LogP contribution in [0.5, 0.6) is 11.5 Å². The number of hydrogen-bond acceptors (Lipinski definition) is 7. The highest BCUT2D eigenvalue weighted by Gasteiger charge is 2.37. The van der Waals surface area contributed by atoms with Crippen LogP contribution in [-0.2, 0) is 17.7 Å². The van der Waals surface area contributed by atoms with Gasteiger partial charge in [0.1, 0.15) is 16.1 Å². The molecular weight excluding hydrogens is 681 g/mol. The summed E-state index contributed by atoms with van der Waals surface area (Å²) in [6.07, 6.45) is 3.94. The second kappa shape index (κ2) is 15.2. The second-order valence-electron chi connectivity index (χ2n) is 12.9. The Balaban J connectivity index is 1.43. The van der Waals surface area contributed by atoms with Gasteiger partial charge in [-0.15, -0.1) is 0 Å². The molecule has 4 heterocycles. The third-order valence-corrected chi connectivity index (χ3v) is 10.4. The van der Waals surface area contributed by atoms with Crippen molar-refractivity contribution in [3.63, 3.8) is 0 Å². The van der Waals surface area contributed by atoms with E-state index >= 15 is 0 Å². The molecule has 10 nitrogen and oxygen atoms in total. The van der Waals surface area contributed by atoms with Crippen molar-refractivity contribution in [2.45, 2.75) is 44.8 Å². The maximum atomic E-state index is 14.0. The van der Waals surface area contributed by atoms with Crippen molar-refractivity contribution in [3.05, 3.63) is 122 Å². The highest BCUT2D eigenvalue weighted by Crippen LogP contribution is 2.39. The Hall–Kier alpha value is -4.51. The van der Waals surface area contributed by atoms with E-state index < -0.39 is 18.0 Å². The number of carbonyl (C=O) groups is 2. The Morgan fingerprint density at radius 3 is 2.34 bits per heavy atom. The summed E-state index contributed by atoms with van der Waals surface area (Å²) in [5, 5.41) is 22.8. The Morgan fingerprint density at radius 1 is 1.00 bits per heavy atom. The molecule has 2 bridgehead atoms. The molecule has 1 amide bonds. The fraction of sp³-hybridized carbons (Fsp3) is 0.342. The van der Waals surface area contributed by atoms with Gasteiger partial charge in [-0.3, -0.25) is 9.80 Å². The predicted octanol–water partition coefficient (Wildman–Crippen LogP) is 7.26. The molecule has 3 aliphatic rings. The zero-order chi connectivity index (χ0) is 35.5. The first-order valence-electron chi connectivity index (χ1n) is 16.5. The second-order valence-corrected chi connectivity index (χ2v) is 13.7. The van der Waals surface area contributed by atoms with Crippen molar-refractivity contribution >= 4 is 41.0 Å². The topological polar surface area (TPSA) is 115 Å². The molecule has 4 aromatic rings. The van der Waals surface area contributed by atoms with Crippen LogP contribution in [0.3, 0.4) is 0 Å². The summed E-state index contributed by atoms with van der Waals surface area (Å²) >= 11 is 13.1. The van der Waals surface area contributed by atoms with Crippen LogP contribution in [0.15, 0.2) is 73.1 Å². The van der Waals surface area contributed by atoms with E-state index in [2.05, 4.69) is 4.90 Å². The zero-order valence-electron chi connectivity index (χ0n) is 28.1. The molecule has 50 heavy (non-hydrogen) atoms. The number of anilines is 1. The molecule has 3 aliphatic heterocycles. The van der Waals surface area contributed by atoms with Gasteiger partial charge in [0.05, 0.1) is 26.3 Å². The van der Waals surface area contributed by atoms with Gasteiger partial charge in [-0.25, -0.2) is 9.59 Å². The Morgan fingerprint density at radius 2 is 1.72 bits per heavy atom. The smallest absolute Gasteiger partial charge is 0.414 e. The van der Waals surface area contributed by atoms with Crippen LogP contribution in [0.25, 0.3) is 0 Å². The van der Waals surface area contributed by atoms with Crippen molar-refractivity contribution in [2.24, 2.45) is 5.92 Å². The number of nitrogens with zero attached hydrogens (tertiary/aromatic N) is 3. The fourth-order valence-electron chi connectivity index (χ4n) is 7.08. The number of carboxylic acids is 1. The number of pyridine rings is 1. The molecule has 3 saturated heterocycles. The first-order chi connectivity index (χ1) is 24.0. The van der Waals surface area contributed by atoms with Crippen LogP contribution in [-0.4, -0.2) is 62.0 Å². The molecule has 12 heteroatoms. The van der Waals surface area contributed by atoms with Gasteiger partial charge in [-0.1, -0.05) is 53.5 Å². The molecule has 0 unspecified atom stereocenters. The Bertz CT molecular complexity index is 1870. The monoisotopic (exact) mass is 719 g/mol. The van der Waals surface area contributed by atoms with E-state index in [-0.39, 0.29) is 34.7 Å². The summed E-state index contributed by atoms with van der Waals surface area (Å²) in [5.74, 6) is -0.464. The highest BCUT2D eigenvalue weighted by atomic mass is 35.5. The minimum atomic E-state index is -1.13. The Labute approximate surface area is 301 Å². The van der Waals surface area contributed by atoms with Crippen LogP contribution >= 0.6 is 23.2 Å². The zero-order valence-corrected chi connectivity index (χ0v) is 29.6. The van der Waals surface area contributed by atoms with E-state index in [4.69, 9.17) is 37.4 Å². The van der Waals surface area contributed by atoms with Gasteiger partial charge in [0.25, 0.3) is 0 Å². The van der Waals surface area contributed by atoms with Gasteiger partial charge < -0.3 is 24.5 Å². The third kappa shape index (κ3) is 7.62. The van der Waals surface area contributed by atoms with Crippen LogP contribution in [0.1, 0.15) is 56.9 Å². The summed E-state index contributed by atoms with van der Waals surface area (Å²) in [6, 6.07) is 18.1. The van der Waals surface area contributed by atoms with E-state index in [9.17, 15) is 19.9 Å². The lowest BCUT2D eigenvalue weighted by molar-refractivity contribution is -0.605. The van der Waals surface area contributed by atoms with E-state index in [1.54, 1.807) is 35.2 Å². The lowest BCUT2D eigenvalue weighted by Gasteiger charge is -2.44. The molecule has 1 aromatic heterocycles.